The van der Waals surface area contributed by atoms with Gasteiger partial charge in [0.25, 0.3) is 0 Å². The van der Waals surface area contributed by atoms with Gasteiger partial charge < -0.3 is 10.2 Å². The zero-order chi connectivity index (χ0) is 28.3. The average Bonchev–Trinajstić information content (AvgIpc) is 2.93. The van der Waals surface area contributed by atoms with E-state index >= 15 is 0 Å². The molecular weight excluding hydrogens is 510 g/mol. The van der Waals surface area contributed by atoms with Gasteiger partial charge in [0.05, 0.1) is 11.9 Å². The number of carbonyl (C=O) groups excluding carboxylic acids is 2. The zero-order valence-corrected chi connectivity index (χ0v) is 23.8. The Morgan fingerprint density at radius 1 is 0.846 bits per heavy atom. The molecular formula is C31H39N3O4S. The summed E-state index contributed by atoms with van der Waals surface area (Å²) < 4.78 is 26.3. The first-order chi connectivity index (χ1) is 18.7. The molecule has 0 aliphatic heterocycles. The van der Waals surface area contributed by atoms with Gasteiger partial charge in [-0.15, -0.1) is 0 Å². The first-order valence-electron chi connectivity index (χ1n) is 13.4. The van der Waals surface area contributed by atoms with Gasteiger partial charge in [-0.1, -0.05) is 85.8 Å². The van der Waals surface area contributed by atoms with E-state index in [2.05, 4.69) is 5.32 Å². The molecule has 0 radical (unpaired) electrons. The van der Waals surface area contributed by atoms with E-state index in [1.165, 1.54) is 10.6 Å². The molecule has 3 aromatic carbocycles. The minimum absolute atomic E-state index is 0.0290. The second kappa shape index (κ2) is 14.5. The van der Waals surface area contributed by atoms with E-state index < -0.39 is 16.1 Å². The highest BCUT2D eigenvalue weighted by atomic mass is 32.2. The molecule has 0 unspecified atom stereocenters. The van der Waals surface area contributed by atoms with Crippen LogP contribution in [0.25, 0.3) is 0 Å². The zero-order valence-electron chi connectivity index (χ0n) is 23.0. The number of nitrogens with one attached hydrogen (secondary N) is 1. The Hall–Kier alpha value is -3.65. The molecule has 1 N–H and O–H groups in total. The lowest BCUT2D eigenvalue weighted by atomic mass is 10.0. The van der Waals surface area contributed by atoms with Gasteiger partial charge in [-0.2, -0.15) is 0 Å². The Labute approximate surface area is 232 Å². The van der Waals surface area contributed by atoms with Gasteiger partial charge in [0.15, 0.2) is 0 Å². The third kappa shape index (κ3) is 9.25. The molecule has 0 bridgehead atoms. The van der Waals surface area contributed by atoms with Gasteiger partial charge in [-0.25, -0.2) is 8.42 Å². The first kappa shape index (κ1) is 29.9. The monoisotopic (exact) mass is 549 g/mol. The van der Waals surface area contributed by atoms with Crippen molar-refractivity contribution < 1.29 is 18.0 Å². The molecule has 0 heterocycles. The second-order valence-corrected chi connectivity index (χ2v) is 11.7. The number of amides is 2. The van der Waals surface area contributed by atoms with Crippen LogP contribution in [0.1, 0.15) is 44.2 Å². The van der Waals surface area contributed by atoms with Crippen LogP contribution >= 0.6 is 0 Å². The standard InChI is InChI=1S/C31H39N3O4S/c1-4-25(2)32-31(36)29(23-26-15-8-5-9-16-26)33(24-27-17-10-6-11-18-27)30(35)21-14-22-34(39(3,37)38)28-19-12-7-13-20-28/h5-13,15-20,25,29H,4,14,21-24H2,1-3H3,(H,32,36)/t25-,29-/m0/s1. The van der Waals surface area contributed by atoms with E-state index in [1.54, 1.807) is 29.2 Å². The van der Waals surface area contributed by atoms with Gasteiger partial charge in [0.2, 0.25) is 21.8 Å². The number of sulfonamides is 1. The Morgan fingerprint density at radius 3 is 1.92 bits per heavy atom. The fourth-order valence-electron chi connectivity index (χ4n) is 4.37. The molecule has 208 valence electrons. The predicted octanol–water partition coefficient (Wildman–Crippen LogP) is 4.79. The maximum atomic E-state index is 13.8. The molecule has 7 nitrogen and oxygen atoms in total. The number of carbonyl (C=O) groups is 2. The van der Waals surface area contributed by atoms with Crippen molar-refractivity contribution in [1.82, 2.24) is 10.2 Å². The Morgan fingerprint density at radius 2 is 1.38 bits per heavy atom. The molecule has 2 atom stereocenters. The van der Waals surface area contributed by atoms with Crippen molar-refractivity contribution in [2.24, 2.45) is 0 Å². The van der Waals surface area contributed by atoms with E-state index in [0.29, 0.717) is 18.5 Å². The molecule has 2 amide bonds. The highest BCUT2D eigenvalue weighted by Crippen LogP contribution is 2.20. The van der Waals surface area contributed by atoms with E-state index in [0.717, 1.165) is 17.5 Å². The maximum absolute atomic E-state index is 13.8. The fourth-order valence-corrected chi connectivity index (χ4v) is 5.34. The van der Waals surface area contributed by atoms with Crippen molar-refractivity contribution in [2.75, 3.05) is 17.1 Å². The summed E-state index contributed by atoms with van der Waals surface area (Å²) in [7, 11) is -3.53. The smallest absolute Gasteiger partial charge is 0.243 e. The number of benzene rings is 3. The molecule has 0 aromatic heterocycles. The summed E-state index contributed by atoms with van der Waals surface area (Å²) >= 11 is 0. The SMILES string of the molecule is CC[C@H](C)NC(=O)[C@H](Cc1ccccc1)N(Cc1ccccc1)C(=O)CCCN(c1ccccc1)S(C)(=O)=O. The van der Waals surface area contributed by atoms with Crippen molar-refractivity contribution in [3.63, 3.8) is 0 Å². The molecule has 0 saturated carbocycles. The van der Waals surface area contributed by atoms with Crippen LogP contribution in [-0.4, -0.2) is 50.0 Å². The predicted molar refractivity (Wildman–Crippen MR) is 157 cm³/mol. The number of hydrogen-bond donors (Lipinski definition) is 1. The number of hydrogen-bond acceptors (Lipinski definition) is 4. The molecule has 3 rings (SSSR count). The summed E-state index contributed by atoms with van der Waals surface area (Å²) in [5.74, 6) is -0.389. The molecule has 39 heavy (non-hydrogen) atoms. The van der Waals surface area contributed by atoms with Crippen LogP contribution in [0, 0.1) is 0 Å². The molecule has 3 aromatic rings. The molecule has 0 saturated heterocycles. The second-order valence-electron chi connectivity index (χ2n) is 9.80. The number of nitrogens with zero attached hydrogens (tertiary/aromatic N) is 2. The Balaban J connectivity index is 1.86. The third-order valence-corrected chi connectivity index (χ3v) is 7.86. The van der Waals surface area contributed by atoms with E-state index in [-0.39, 0.29) is 37.4 Å². The van der Waals surface area contributed by atoms with Crippen LogP contribution in [0.5, 0.6) is 0 Å². The van der Waals surface area contributed by atoms with Crippen LogP contribution in [0.3, 0.4) is 0 Å². The van der Waals surface area contributed by atoms with E-state index in [4.69, 9.17) is 0 Å². The van der Waals surface area contributed by atoms with E-state index in [9.17, 15) is 18.0 Å². The van der Waals surface area contributed by atoms with Crippen molar-refractivity contribution >= 4 is 27.5 Å². The average molecular weight is 550 g/mol. The van der Waals surface area contributed by atoms with Crippen molar-refractivity contribution in [2.45, 2.75) is 58.2 Å². The normalized spacial score (nSPS) is 12.8. The number of para-hydroxylation sites is 1. The maximum Gasteiger partial charge on any atom is 0.243 e. The van der Waals surface area contributed by atoms with Crippen molar-refractivity contribution in [3.8, 4) is 0 Å². The Kier molecular flexibility index (Phi) is 11.1. The highest BCUT2D eigenvalue weighted by Gasteiger charge is 2.31. The van der Waals surface area contributed by atoms with Crippen molar-refractivity contribution in [3.05, 3.63) is 102 Å². The number of rotatable bonds is 14. The largest absolute Gasteiger partial charge is 0.352 e. The lowest BCUT2D eigenvalue weighted by molar-refractivity contribution is -0.141. The van der Waals surface area contributed by atoms with Crippen LogP contribution in [0.4, 0.5) is 5.69 Å². The van der Waals surface area contributed by atoms with Crippen molar-refractivity contribution in [1.29, 1.82) is 0 Å². The van der Waals surface area contributed by atoms with Gasteiger partial charge in [-0.05, 0) is 43.0 Å². The third-order valence-electron chi connectivity index (χ3n) is 6.66. The summed E-state index contributed by atoms with van der Waals surface area (Å²) in [6.45, 7) is 4.39. The van der Waals surface area contributed by atoms with E-state index in [1.807, 2.05) is 80.6 Å². The summed E-state index contributed by atoms with van der Waals surface area (Å²) in [4.78, 5) is 29.0. The minimum Gasteiger partial charge on any atom is -0.352 e. The van der Waals surface area contributed by atoms with Gasteiger partial charge in [-0.3, -0.25) is 13.9 Å². The van der Waals surface area contributed by atoms with Crippen LogP contribution in [-0.2, 0) is 32.6 Å². The molecule has 0 fully saturated rings. The van der Waals surface area contributed by atoms with Crippen LogP contribution in [0.2, 0.25) is 0 Å². The molecule has 0 aliphatic carbocycles. The Bertz CT molecular complexity index is 1290. The summed E-state index contributed by atoms with van der Waals surface area (Å²) in [6.07, 6.45) is 2.74. The molecule has 0 aliphatic rings. The summed E-state index contributed by atoms with van der Waals surface area (Å²) in [6, 6.07) is 27.4. The summed E-state index contributed by atoms with van der Waals surface area (Å²) in [5.41, 5.74) is 2.44. The summed E-state index contributed by atoms with van der Waals surface area (Å²) in [5, 5.41) is 3.07. The number of anilines is 1. The highest BCUT2D eigenvalue weighted by molar-refractivity contribution is 7.92. The first-order valence-corrected chi connectivity index (χ1v) is 15.2. The quantitative estimate of drug-likeness (QED) is 0.313. The van der Waals surface area contributed by atoms with Gasteiger partial charge in [0, 0.05) is 32.0 Å². The van der Waals surface area contributed by atoms with Gasteiger partial charge in [0.1, 0.15) is 6.04 Å². The van der Waals surface area contributed by atoms with Crippen LogP contribution in [0.15, 0.2) is 91.0 Å². The minimum atomic E-state index is -3.53. The molecule has 0 spiro atoms. The topological polar surface area (TPSA) is 86.8 Å². The fraction of sp³-hybridized carbons (Fsp3) is 0.355. The lowest BCUT2D eigenvalue weighted by Crippen LogP contribution is -2.52. The van der Waals surface area contributed by atoms with Gasteiger partial charge >= 0.3 is 0 Å². The van der Waals surface area contributed by atoms with Crippen LogP contribution < -0.4 is 9.62 Å². The lowest BCUT2D eigenvalue weighted by Gasteiger charge is -2.32. The molecule has 8 heteroatoms.